The van der Waals surface area contributed by atoms with Gasteiger partial charge in [-0.15, -0.1) is 0 Å². The summed E-state index contributed by atoms with van der Waals surface area (Å²) in [4.78, 5) is 0.334. The molecule has 6 heteroatoms. The number of sulfone groups is 1. The Morgan fingerprint density at radius 3 is 2.27 bits per heavy atom. The van der Waals surface area contributed by atoms with Gasteiger partial charge >= 0.3 is 0 Å². The Labute approximate surface area is 179 Å². The summed E-state index contributed by atoms with van der Waals surface area (Å²) in [5, 5.41) is 12.0. The largest absolute Gasteiger partial charge is 0.504 e. The molecule has 3 rings (SSSR count). The van der Waals surface area contributed by atoms with Crippen molar-refractivity contribution in [2.24, 2.45) is 0 Å². The van der Waals surface area contributed by atoms with Gasteiger partial charge in [0.1, 0.15) is 5.60 Å². The summed E-state index contributed by atoms with van der Waals surface area (Å²) in [7, 11) is -3.23. The molecule has 0 saturated carbocycles. The number of phenolic OH excluding ortho intramolecular Hbond substituents is 1. The molecule has 162 valence electrons. The van der Waals surface area contributed by atoms with Crippen LogP contribution in [0.2, 0.25) is 0 Å². The van der Waals surface area contributed by atoms with Crippen molar-refractivity contribution < 1.29 is 18.3 Å². The Balaban J connectivity index is 1.81. The lowest BCUT2D eigenvalue weighted by atomic mass is 9.95. The van der Waals surface area contributed by atoms with Gasteiger partial charge in [-0.2, -0.15) is 0 Å². The fraction of sp³-hybridized carbons (Fsp3) is 0.417. The molecule has 0 atom stereocenters. The van der Waals surface area contributed by atoms with E-state index in [2.05, 4.69) is 24.6 Å². The van der Waals surface area contributed by atoms with Crippen molar-refractivity contribution in [3.8, 4) is 11.5 Å². The lowest BCUT2D eigenvalue weighted by molar-refractivity contribution is 0.125. The van der Waals surface area contributed by atoms with Gasteiger partial charge in [0.2, 0.25) is 0 Å². The first-order chi connectivity index (χ1) is 13.7. The van der Waals surface area contributed by atoms with E-state index in [-0.39, 0.29) is 16.9 Å². The summed E-state index contributed by atoms with van der Waals surface area (Å²) in [6, 6.07) is 10.7. The van der Waals surface area contributed by atoms with Crippen LogP contribution < -0.4 is 4.74 Å². The van der Waals surface area contributed by atoms with E-state index in [1.165, 1.54) is 6.26 Å². The van der Waals surface area contributed by atoms with Crippen LogP contribution in [0.25, 0.3) is 10.8 Å². The van der Waals surface area contributed by atoms with Gasteiger partial charge in [0.15, 0.2) is 21.3 Å². The molecule has 0 fully saturated rings. The Morgan fingerprint density at radius 2 is 1.63 bits per heavy atom. The van der Waals surface area contributed by atoms with Gasteiger partial charge in [0, 0.05) is 29.6 Å². The van der Waals surface area contributed by atoms with Crippen LogP contribution in [0.5, 0.6) is 11.5 Å². The minimum absolute atomic E-state index is 0.145. The number of aromatic hydroxyl groups is 1. The molecule has 1 N–H and O–H groups in total. The zero-order chi connectivity index (χ0) is 22.3. The second kappa shape index (κ2) is 7.65. The first-order valence-electron chi connectivity index (χ1n) is 10.1. The molecule has 0 amide bonds. The maximum atomic E-state index is 11.8. The topological polar surface area (TPSA) is 68.5 Å². The molecule has 3 aromatic rings. The molecule has 0 unspecified atom stereocenters. The third-order valence-electron chi connectivity index (χ3n) is 5.21. The summed E-state index contributed by atoms with van der Waals surface area (Å²) in [6.45, 7) is 10.2. The molecule has 0 saturated heterocycles. The van der Waals surface area contributed by atoms with Crippen LogP contribution in [0, 0.1) is 0 Å². The fourth-order valence-electron chi connectivity index (χ4n) is 3.40. The highest BCUT2D eigenvalue weighted by molar-refractivity contribution is 7.90. The number of rotatable bonds is 6. The second-order valence-electron chi connectivity index (χ2n) is 9.56. The van der Waals surface area contributed by atoms with E-state index >= 15 is 0 Å². The van der Waals surface area contributed by atoms with Gasteiger partial charge in [0.05, 0.1) is 4.90 Å². The van der Waals surface area contributed by atoms with E-state index < -0.39 is 9.84 Å². The van der Waals surface area contributed by atoms with Crippen LogP contribution in [-0.2, 0) is 21.8 Å². The Hall–Kier alpha value is -2.47. The first kappa shape index (κ1) is 22.2. The maximum absolute atomic E-state index is 11.8. The van der Waals surface area contributed by atoms with Crippen molar-refractivity contribution in [2.75, 3.05) is 6.26 Å². The molecule has 1 heterocycles. The van der Waals surface area contributed by atoms with Crippen LogP contribution in [0.15, 0.2) is 53.7 Å². The number of hydrogen-bond donors (Lipinski definition) is 1. The molecule has 0 aliphatic carbocycles. The summed E-state index contributed by atoms with van der Waals surface area (Å²) in [6.07, 6.45) is 6.98. The lowest BCUT2D eigenvalue weighted by Crippen LogP contribution is -2.25. The highest BCUT2D eigenvalue weighted by atomic mass is 32.2. The number of ether oxygens (including phenoxy) is 1. The van der Waals surface area contributed by atoms with Crippen molar-refractivity contribution in [3.05, 3.63) is 54.4 Å². The highest BCUT2D eigenvalue weighted by Crippen LogP contribution is 2.32. The summed E-state index contributed by atoms with van der Waals surface area (Å²) >= 11 is 0. The zero-order valence-corrected chi connectivity index (χ0v) is 19.4. The van der Waals surface area contributed by atoms with Gasteiger partial charge in [-0.05, 0) is 82.7 Å². The van der Waals surface area contributed by atoms with Crippen LogP contribution in [0.1, 0.15) is 46.6 Å². The van der Waals surface area contributed by atoms with E-state index in [0.29, 0.717) is 10.6 Å². The number of benzene rings is 2. The molecule has 0 aliphatic heterocycles. The van der Waals surface area contributed by atoms with E-state index in [9.17, 15) is 13.5 Å². The molecule has 0 aliphatic rings. The predicted molar refractivity (Wildman–Crippen MR) is 121 cm³/mol. The fourth-order valence-corrected chi connectivity index (χ4v) is 4.06. The van der Waals surface area contributed by atoms with Gasteiger partial charge in [-0.3, -0.25) is 0 Å². The minimum Gasteiger partial charge on any atom is -0.504 e. The molecule has 5 nitrogen and oxygen atoms in total. The van der Waals surface area contributed by atoms with Gasteiger partial charge in [-0.25, -0.2) is 8.42 Å². The molecule has 0 radical (unpaired) electrons. The molecule has 30 heavy (non-hydrogen) atoms. The van der Waals surface area contributed by atoms with Crippen LogP contribution in [0.4, 0.5) is 0 Å². The lowest BCUT2D eigenvalue weighted by Gasteiger charge is -2.27. The smallest absolute Gasteiger partial charge is 0.175 e. The monoisotopic (exact) mass is 429 g/mol. The van der Waals surface area contributed by atoms with Crippen molar-refractivity contribution in [2.45, 2.75) is 63.5 Å². The third kappa shape index (κ3) is 5.17. The molecule has 0 spiro atoms. The van der Waals surface area contributed by atoms with Gasteiger partial charge < -0.3 is 14.4 Å². The minimum atomic E-state index is -3.23. The molecule has 0 bridgehead atoms. The summed E-state index contributed by atoms with van der Waals surface area (Å²) in [5.41, 5.74) is 0.537. The second-order valence-corrected chi connectivity index (χ2v) is 11.6. The normalized spacial score (nSPS) is 13.0. The Morgan fingerprint density at radius 1 is 0.967 bits per heavy atom. The van der Waals surface area contributed by atoms with Gasteiger partial charge in [0.25, 0.3) is 0 Å². The van der Waals surface area contributed by atoms with Crippen molar-refractivity contribution >= 4 is 20.6 Å². The van der Waals surface area contributed by atoms with E-state index in [0.717, 1.165) is 29.2 Å². The van der Waals surface area contributed by atoms with Crippen LogP contribution in [-0.4, -0.2) is 29.9 Å². The number of aromatic nitrogens is 1. The summed E-state index contributed by atoms with van der Waals surface area (Å²) < 4.78 is 31.7. The third-order valence-corrected chi connectivity index (χ3v) is 6.32. The number of fused-ring (bicyclic) bond motifs is 1. The average molecular weight is 430 g/mol. The van der Waals surface area contributed by atoms with Crippen molar-refractivity contribution in [3.63, 3.8) is 0 Å². The molecular weight excluding hydrogens is 398 g/mol. The average Bonchev–Trinajstić information content (AvgIpc) is 3.05. The number of nitrogens with zero attached hydrogens (tertiary/aromatic N) is 1. The number of hydrogen-bond acceptors (Lipinski definition) is 4. The summed E-state index contributed by atoms with van der Waals surface area (Å²) in [5.74, 6) is 0.643. The Kier molecular flexibility index (Phi) is 5.67. The SMILES string of the molecule is CC(C)(C)Oc1cc(CCC(C)(C)n2cc3ccc(S(C)(=O)=O)cc3c2)ccc1O. The maximum Gasteiger partial charge on any atom is 0.175 e. The van der Waals surface area contributed by atoms with Gasteiger partial charge in [-0.1, -0.05) is 12.1 Å². The highest BCUT2D eigenvalue weighted by Gasteiger charge is 2.21. The molecule has 2 aromatic carbocycles. The molecular formula is C24H31NO4S. The van der Waals surface area contributed by atoms with E-state index in [4.69, 9.17) is 4.74 Å². The first-order valence-corrected chi connectivity index (χ1v) is 12.0. The van der Waals surface area contributed by atoms with Crippen LogP contribution >= 0.6 is 0 Å². The van der Waals surface area contributed by atoms with Crippen molar-refractivity contribution in [1.82, 2.24) is 4.57 Å². The zero-order valence-electron chi connectivity index (χ0n) is 18.6. The van der Waals surface area contributed by atoms with Crippen molar-refractivity contribution in [1.29, 1.82) is 0 Å². The standard InChI is InChI=1S/C24H31NO4S/c1-23(2,3)29-22-13-17(7-10-21(22)26)11-12-24(4,5)25-15-18-8-9-20(30(6,27)28)14-19(18)16-25/h7-10,13-16,26H,11-12H2,1-6H3. The molecule has 1 aromatic heterocycles. The van der Waals surface area contributed by atoms with E-state index in [1.807, 2.05) is 45.2 Å². The number of aryl methyl sites for hydroxylation is 1. The Bertz CT molecular complexity index is 1170. The quantitative estimate of drug-likeness (QED) is 0.578. The predicted octanol–water partition coefficient (Wildman–Crippen LogP) is 5.30. The van der Waals surface area contributed by atoms with Crippen LogP contribution in [0.3, 0.4) is 0 Å². The number of phenols is 1. The van der Waals surface area contributed by atoms with E-state index in [1.54, 1.807) is 18.2 Å².